The summed E-state index contributed by atoms with van der Waals surface area (Å²) in [6, 6.07) is 20.2. The molecule has 1 N–H and O–H groups in total. The van der Waals surface area contributed by atoms with Crippen LogP contribution >= 0.6 is 0 Å². The minimum Gasteiger partial charge on any atom is -0.618 e. The Labute approximate surface area is 195 Å². The van der Waals surface area contributed by atoms with Crippen molar-refractivity contribution in [1.29, 1.82) is 0 Å². The number of nitrogens with zero attached hydrogens (tertiary/aromatic N) is 3. The second-order valence-electron chi connectivity index (χ2n) is 8.41. The second-order valence-corrected chi connectivity index (χ2v) is 8.41. The molecule has 0 aliphatic rings. The van der Waals surface area contributed by atoms with Crippen molar-refractivity contribution in [3.63, 3.8) is 0 Å². The number of carbonyl (C=O) groups is 1. The van der Waals surface area contributed by atoms with E-state index in [1.165, 1.54) is 6.20 Å². The average Bonchev–Trinajstić information content (AvgIpc) is 2.84. The Kier molecular flexibility index (Phi) is 5.30. The number of carbonyl (C=O) groups excluding carboxylic acids is 1. The zero-order valence-electron chi connectivity index (χ0n) is 18.7. The second kappa shape index (κ2) is 8.44. The standard InChI is InChI=1S/C27H22N4O3/c1-17(2)29-27(33)23-16-30(26-22(25(23)32)10-6-12-28-26)21-9-5-8-18(14-21)20-13-19-7-3-4-11-24(19)31(34)15-20/h3-17H,1-2H3,(H,29,33). The van der Waals surface area contributed by atoms with Crippen molar-refractivity contribution in [2.45, 2.75) is 19.9 Å². The third kappa shape index (κ3) is 3.77. The first-order valence-electron chi connectivity index (χ1n) is 11.0. The van der Waals surface area contributed by atoms with E-state index in [1.807, 2.05) is 62.4 Å². The lowest BCUT2D eigenvalue weighted by atomic mass is 10.0. The van der Waals surface area contributed by atoms with Crippen molar-refractivity contribution in [1.82, 2.24) is 14.9 Å². The zero-order chi connectivity index (χ0) is 23.8. The predicted octanol–water partition coefficient (Wildman–Crippen LogP) is 3.98. The third-order valence-corrected chi connectivity index (χ3v) is 5.63. The molecule has 0 aliphatic heterocycles. The lowest BCUT2D eigenvalue weighted by Crippen LogP contribution is -2.34. The highest BCUT2D eigenvalue weighted by Gasteiger charge is 2.18. The van der Waals surface area contributed by atoms with E-state index < -0.39 is 5.91 Å². The van der Waals surface area contributed by atoms with Crippen LogP contribution in [0.3, 0.4) is 0 Å². The molecule has 0 fully saturated rings. The van der Waals surface area contributed by atoms with Gasteiger partial charge >= 0.3 is 0 Å². The molecule has 7 nitrogen and oxygen atoms in total. The first-order chi connectivity index (χ1) is 16.4. The number of rotatable bonds is 4. The molecule has 0 saturated heterocycles. The quantitative estimate of drug-likeness (QED) is 0.331. The van der Waals surface area contributed by atoms with Gasteiger partial charge in [0.05, 0.1) is 5.39 Å². The summed E-state index contributed by atoms with van der Waals surface area (Å²) in [6.07, 6.45) is 4.69. The number of para-hydroxylation sites is 1. The zero-order valence-corrected chi connectivity index (χ0v) is 18.7. The van der Waals surface area contributed by atoms with E-state index in [2.05, 4.69) is 10.3 Å². The highest BCUT2D eigenvalue weighted by atomic mass is 16.5. The van der Waals surface area contributed by atoms with Crippen LogP contribution in [0, 0.1) is 5.21 Å². The normalized spacial score (nSPS) is 11.3. The summed E-state index contributed by atoms with van der Waals surface area (Å²) in [4.78, 5) is 30.2. The molecule has 2 aromatic carbocycles. The van der Waals surface area contributed by atoms with Gasteiger partial charge in [-0.25, -0.2) is 4.98 Å². The Morgan fingerprint density at radius 2 is 1.85 bits per heavy atom. The summed E-state index contributed by atoms with van der Waals surface area (Å²) in [5, 5.41) is 16.6. The van der Waals surface area contributed by atoms with Gasteiger partial charge in [0, 0.05) is 41.1 Å². The SMILES string of the molecule is CC(C)NC(=O)c1cn(-c2cccc(-c3cc4ccccc4[n+]([O-])c3)c2)c2ncccc2c1=O. The molecule has 34 heavy (non-hydrogen) atoms. The van der Waals surface area contributed by atoms with Crippen LogP contribution in [-0.4, -0.2) is 21.5 Å². The molecule has 3 heterocycles. The van der Waals surface area contributed by atoms with Gasteiger partial charge in [-0.1, -0.05) is 24.3 Å². The molecule has 7 heteroatoms. The van der Waals surface area contributed by atoms with E-state index in [1.54, 1.807) is 35.2 Å². The number of aromatic nitrogens is 3. The number of nitrogens with one attached hydrogen (secondary N) is 1. The van der Waals surface area contributed by atoms with Crippen molar-refractivity contribution in [3.05, 3.63) is 106 Å². The van der Waals surface area contributed by atoms with Gasteiger partial charge in [0.2, 0.25) is 10.9 Å². The summed E-state index contributed by atoms with van der Waals surface area (Å²) in [5.74, 6) is -0.433. The molecule has 0 saturated carbocycles. The van der Waals surface area contributed by atoms with Gasteiger partial charge in [0.1, 0.15) is 11.2 Å². The maximum absolute atomic E-state index is 13.0. The largest absolute Gasteiger partial charge is 0.618 e. The average molecular weight is 450 g/mol. The van der Waals surface area contributed by atoms with E-state index in [9.17, 15) is 14.8 Å². The maximum atomic E-state index is 13.0. The van der Waals surface area contributed by atoms with Crippen LogP contribution in [0.5, 0.6) is 0 Å². The van der Waals surface area contributed by atoms with Crippen molar-refractivity contribution < 1.29 is 9.52 Å². The molecule has 168 valence electrons. The Balaban J connectivity index is 1.70. The minimum atomic E-state index is -0.433. The van der Waals surface area contributed by atoms with E-state index in [0.29, 0.717) is 22.2 Å². The van der Waals surface area contributed by atoms with Crippen LogP contribution < -0.4 is 15.5 Å². The van der Waals surface area contributed by atoms with Crippen LogP contribution in [0.25, 0.3) is 38.8 Å². The Bertz CT molecular complexity index is 1620. The highest BCUT2D eigenvalue weighted by Crippen LogP contribution is 2.25. The molecule has 0 radical (unpaired) electrons. The number of benzene rings is 2. The minimum absolute atomic E-state index is 0.0442. The van der Waals surface area contributed by atoms with Gasteiger partial charge in [-0.3, -0.25) is 9.59 Å². The Morgan fingerprint density at radius 1 is 1.03 bits per heavy atom. The van der Waals surface area contributed by atoms with E-state index in [0.717, 1.165) is 21.2 Å². The first kappa shape index (κ1) is 21.3. The third-order valence-electron chi connectivity index (χ3n) is 5.63. The van der Waals surface area contributed by atoms with Crippen molar-refractivity contribution in [2.24, 2.45) is 0 Å². The number of amides is 1. The first-order valence-corrected chi connectivity index (χ1v) is 11.0. The predicted molar refractivity (Wildman–Crippen MR) is 132 cm³/mol. The molecule has 0 bridgehead atoms. The summed E-state index contributed by atoms with van der Waals surface area (Å²) in [5.41, 5.74) is 3.01. The van der Waals surface area contributed by atoms with Crippen LogP contribution in [0.15, 0.2) is 90.1 Å². The molecule has 0 aliphatic carbocycles. The fraction of sp³-hybridized carbons (Fsp3) is 0.111. The van der Waals surface area contributed by atoms with Crippen molar-refractivity contribution in [2.75, 3.05) is 0 Å². The topological polar surface area (TPSA) is 90.9 Å². The number of fused-ring (bicyclic) bond motifs is 2. The van der Waals surface area contributed by atoms with Crippen LogP contribution in [-0.2, 0) is 0 Å². The molecule has 1 amide bonds. The number of pyridine rings is 3. The molecular weight excluding hydrogens is 428 g/mol. The molecule has 0 spiro atoms. The lowest BCUT2D eigenvalue weighted by molar-refractivity contribution is -0.576. The summed E-state index contributed by atoms with van der Waals surface area (Å²) >= 11 is 0. The summed E-state index contributed by atoms with van der Waals surface area (Å²) in [6.45, 7) is 3.68. The smallest absolute Gasteiger partial charge is 0.256 e. The fourth-order valence-corrected chi connectivity index (χ4v) is 4.06. The van der Waals surface area contributed by atoms with E-state index in [4.69, 9.17) is 0 Å². The Hall–Kier alpha value is -4.52. The van der Waals surface area contributed by atoms with E-state index in [-0.39, 0.29) is 17.0 Å². The van der Waals surface area contributed by atoms with Crippen LogP contribution in [0.1, 0.15) is 24.2 Å². The molecule has 0 unspecified atom stereocenters. The van der Waals surface area contributed by atoms with Gasteiger partial charge < -0.3 is 15.1 Å². The van der Waals surface area contributed by atoms with Crippen molar-refractivity contribution >= 4 is 27.8 Å². The van der Waals surface area contributed by atoms with E-state index >= 15 is 0 Å². The Morgan fingerprint density at radius 3 is 2.68 bits per heavy atom. The van der Waals surface area contributed by atoms with Gasteiger partial charge in [0.15, 0.2) is 6.20 Å². The molecule has 0 atom stereocenters. The summed E-state index contributed by atoms with van der Waals surface area (Å²) < 4.78 is 2.60. The summed E-state index contributed by atoms with van der Waals surface area (Å²) in [7, 11) is 0. The number of hydrogen-bond donors (Lipinski definition) is 1. The maximum Gasteiger partial charge on any atom is 0.256 e. The number of hydrogen-bond acceptors (Lipinski definition) is 4. The molecular formula is C27H22N4O3. The van der Waals surface area contributed by atoms with Gasteiger partial charge in [0.25, 0.3) is 5.91 Å². The molecule has 5 rings (SSSR count). The van der Waals surface area contributed by atoms with Gasteiger partial charge in [-0.15, -0.1) is 0 Å². The molecule has 5 aromatic rings. The van der Waals surface area contributed by atoms with Crippen LogP contribution in [0.2, 0.25) is 0 Å². The van der Waals surface area contributed by atoms with Crippen molar-refractivity contribution in [3.8, 4) is 16.8 Å². The lowest BCUT2D eigenvalue weighted by Gasteiger charge is -2.15. The monoisotopic (exact) mass is 450 g/mol. The fourth-order valence-electron chi connectivity index (χ4n) is 4.06. The van der Waals surface area contributed by atoms with Crippen LogP contribution in [0.4, 0.5) is 0 Å². The van der Waals surface area contributed by atoms with Gasteiger partial charge in [-0.05, 0) is 55.8 Å². The highest BCUT2D eigenvalue weighted by molar-refractivity contribution is 5.97. The molecule has 3 aromatic heterocycles. The van der Waals surface area contributed by atoms with Gasteiger partial charge in [-0.2, -0.15) is 4.73 Å².